The number of para-hydroxylation sites is 1. The first-order chi connectivity index (χ1) is 11.1. The average molecular weight is 319 g/mol. The zero-order valence-electron chi connectivity index (χ0n) is 14.3. The molecule has 2 N–H and O–H groups in total. The van der Waals surface area contributed by atoms with Crippen LogP contribution in [0.2, 0.25) is 0 Å². The molecule has 1 amide bonds. The Morgan fingerprint density at radius 3 is 2.30 bits per heavy atom. The number of hydrogen-bond donors (Lipinski definition) is 2. The van der Waals surface area contributed by atoms with Gasteiger partial charge in [0.2, 0.25) is 5.91 Å². The van der Waals surface area contributed by atoms with Crippen molar-refractivity contribution in [2.45, 2.75) is 26.7 Å². The predicted octanol–water partition coefficient (Wildman–Crippen LogP) is 1.63. The molecule has 0 aromatic heterocycles. The van der Waals surface area contributed by atoms with Crippen LogP contribution in [0.4, 0.5) is 5.69 Å². The molecule has 2 rings (SSSR count). The molecule has 0 saturated carbocycles. The van der Waals surface area contributed by atoms with Gasteiger partial charge >= 0.3 is 0 Å². The molecule has 5 nitrogen and oxygen atoms in total. The molecule has 23 heavy (non-hydrogen) atoms. The first kappa shape index (κ1) is 17.9. The number of amides is 1. The van der Waals surface area contributed by atoms with E-state index in [0.29, 0.717) is 6.54 Å². The number of unbranched alkanes of at least 4 members (excludes halogenated alkanes) is 1. The SMILES string of the molecule is Cc1cccc(C)c1NC(=O)CN1CCN(CCCCO)CC1. The fourth-order valence-corrected chi connectivity index (χ4v) is 3.01. The first-order valence-electron chi connectivity index (χ1n) is 8.52. The molecule has 5 heteroatoms. The number of hydrogen-bond acceptors (Lipinski definition) is 4. The van der Waals surface area contributed by atoms with Crippen LogP contribution >= 0.6 is 0 Å². The Kier molecular flexibility index (Phi) is 7.02. The third kappa shape index (κ3) is 5.61. The average Bonchev–Trinajstić information content (AvgIpc) is 2.53. The van der Waals surface area contributed by atoms with Crippen molar-refractivity contribution in [1.82, 2.24) is 9.80 Å². The van der Waals surface area contributed by atoms with Crippen LogP contribution in [0, 0.1) is 13.8 Å². The van der Waals surface area contributed by atoms with Gasteiger partial charge in [-0.2, -0.15) is 0 Å². The standard InChI is InChI=1S/C18H29N3O2/c1-15-6-5-7-16(2)18(15)19-17(23)14-21-11-9-20(10-12-21)8-3-4-13-22/h5-7,22H,3-4,8-14H2,1-2H3,(H,19,23). The Hall–Kier alpha value is -1.43. The number of rotatable bonds is 7. The number of nitrogens with zero attached hydrogens (tertiary/aromatic N) is 2. The molecule has 1 aromatic carbocycles. The van der Waals surface area contributed by atoms with E-state index < -0.39 is 0 Å². The molecule has 1 aliphatic rings. The molecule has 0 atom stereocenters. The molecule has 1 saturated heterocycles. The molecule has 1 fully saturated rings. The monoisotopic (exact) mass is 319 g/mol. The number of carbonyl (C=O) groups is 1. The molecule has 0 spiro atoms. The highest BCUT2D eigenvalue weighted by Gasteiger charge is 2.19. The lowest BCUT2D eigenvalue weighted by Gasteiger charge is -2.34. The zero-order chi connectivity index (χ0) is 16.7. The van der Waals surface area contributed by atoms with E-state index in [1.807, 2.05) is 32.0 Å². The van der Waals surface area contributed by atoms with E-state index in [-0.39, 0.29) is 12.5 Å². The number of aliphatic hydroxyl groups is 1. The van der Waals surface area contributed by atoms with Gasteiger partial charge in [0.15, 0.2) is 0 Å². The van der Waals surface area contributed by atoms with Crippen molar-refractivity contribution in [2.75, 3.05) is 51.2 Å². The minimum absolute atomic E-state index is 0.0659. The topological polar surface area (TPSA) is 55.8 Å². The van der Waals surface area contributed by atoms with E-state index in [2.05, 4.69) is 15.1 Å². The van der Waals surface area contributed by atoms with Crippen LogP contribution in [0.15, 0.2) is 18.2 Å². The summed E-state index contributed by atoms with van der Waals surface area (Å²) in [6, 6.07) is 6.05. The molecule has 0 bridgehead atoms. The van der Waals surface area contributed by atoms with Crippen molar-refractivity contribution in [3.63, 3.8) is 0 Å². The van der Waals surface area contributed by atoms with E-state index in [4.69, 9.17) is 5.11 Å². The van der Waals surface area contributed by atoms with Crippen molar-refractivity contribution in [2.24, 2.45) is 0 Å². The molecular weight excluding hydrogens is 290 g/mol. The van der Waals surface area contributed by atoms with Crippen molar-refractivity contribution < 1.29 is 9.90 Å². The van der Waals surface area contributed by atoms with Crippen LogP contribution in [0.25, 0.3) is 0 Å². The largest absolute Gasteiger partial charge is 0.396 e. The quantitative estimate of drug-likeness (QED) is 0.750. The number of aryl methyl sites for hydroxylation is 2. The van der Waals surface area contributed by atoms with Crippen LogP contribution in [-0.2, 0) is 4.79 Å². The van der Waals surface area contributed by atoms with E-state index in [0.717, 1.165) is 62.4 Å². The number of piperazine rings is 1. The Morgan fingerprint density at radius 1 is 1.09 bits per heavy atom. The highest BCUT2D eigenvalue weighted by molar-refractivity contribution is 5.93. The third-order valence-electron chi connectivity index (χ3n) is 4.46. The second-order valence-corrected chi connectivity index (χ2v) is 6.36. The Bertz CT molecular complexity index is 491. The van der Waals surface area contributed by atoms with Gasteiger partial charge in [-0.3, -0.25) is 9.69 Å². The summed E-state index contributed by atoms with van der Waals surface area (Å²) in [4.78, 5) is 16.9. The number of aliphatic hydroxyl groups excluding tert-OH is 1. The summed E-state index contributed by atoms with van der Waals surface area (Å²) in [5.74, 6) is 0.0659. The lowest BCUT2D eigenvalue weighted by atomic mass is 10.1. The molecule has 1 aromatic rings. The zero-order valence-corrected chi connectivity index (χ0v) is 14.3. The van der Waals surface area contributed by atoms with Crippen LogP contribution < -0.4 is 5.32 Å². The second-order valence-electron chi connectivity index (χ2n) is 6.36. The lowest BCUT2D eigenvalue weighted by molar-refractivity contribution is -0.117. The smallest absolute Gasteiger partial charge is 0.238 e. The minimum Gasteiger partial charge on any atom is -0.396 e. The number of carbonyl (C=O) groups excluding carboxylic acids is 1. The summed E-state index contributed by atoms with van der Waals surface area (Å²) in [7, 11) is 0. The predicted molar refractivity (Wildman–Crippen MR) is 93.7 cm³/mol. The van der Waals surface area contributed by atoms with Gasteiger partial charge in [-0.05, 0) is 44.4 Å². The maximum Gasteiger partial charge on any atom is 0.238 e. The molecule has 0 unspecified atom stereocenters. The van der Waals surface area contributed by atoms with Gasteiger partial charge in [0.25, 0.3) is 0 Å². The van der Waals surface area contributed by atoms with Gasteiger partial charge in [-0.25, -0.2) is 0 Å². The summed E-state index contributed by atoms with van der Waals surface area (Å²) in [5, 5.41) is 11.9. The van der Waals surface area contributed by atoms with Crippen molar-refractivity contribution in [1.29, 1.82) is 0 Å². The lowest BCUT2D eigenvalue weighted by Crippen LogP contribution is -2.48. The highest BCUT2D eigenvalue weighted by Crippen LogP contribution is 2.19. The fraction of sp³-hybridized carbons (Fsp3) is 0.611. The van der Waals surface area contributed by atoms with Crippen molar-refractivity contribution in [3.05, 3.63) is 29.3 Å². The summed E-state index contributed by atoms with van der Waals surface area (Å²) < 4.78 is 0. The maximum atomic E-state index is 12.3. The van der Waals surface area contributed by atoms with Crippen molar-refractivity contribution >= 4 is 11.6 Å². The van der Waals surface area contributed by atoms with E-state index in [1.165, 1.54) is 0 Å². The summed E-state index contributed by atoms with van der Waals surface area (Å²) in [6.45, 7) is 9.68. The Morgan fingerprint density at radius 2 is 1.70 bits per heavy atom. The van der Waals surface area contributed by atoms with Crippen LogP contribution in [0.1, 0.15) is 24.0 Å². The van der Waals surface area contributed by atoms with Gasteiger partial charge < -0.3 is 15.3 Å². The minimum atomic E-state index is 0.0659. The number of anilines is 1. The number of benzene rings is 1. The van der Waals surface area contributed by atoms with E-state index in [1.54, 1.807) is 0 Å². The second kappa shape index (κ2) is 9.01. The van der Waals surface area contributed by atoms with Gasteiger partial charge in [0, 0.05) is 38.5 Å². The fourth-order valence-electron chi connectivity index (χ4n) is 3.01. The van der Waals surface area contributed by atoms with Gasteiger partial charge in [-0.1, -0.05) is 18.2 Å². The summed E-state index contributed by atoms with van der Waals surface area (Å²) in [6.07, 6.45) is 1.92. The molecular formula is C18H29N3O2. The van der Waals surface area contributed by atoms with Crippen molar-refractivity contribution in [3.8, 4) is 0 Å². The Balaban J connectivity index is 1.75. The molecule has 128 valence electrons. The van der Waals surface area contributed by atoms with E-state index in [9.17, 15) is 4.79 Å². The maximum absolute atomic E-state index is 12.3. The van der Waals surface area contributed by atoms with E-state index >= 15 is 0 Å². The molecule has 0 radical (unpaired) electrons. The molecule has 1 heterocycles. The van der Waals surface area contributed by atoms with Gasteiger partial charge in [0.1, 0.15) is 0 Å². The number of nitrogens with one attached hydrogen (secondary N) is 1. The van der Waals surface area contributed by atoms with Gasteiger partial charge in [0.05, 0.1) is 6.54 Å². The summed E-state index contributed by atoms with van der Waals surface area (Å²) in [5.41, 5.74) is 3.15. The normalized spacial score (nSPS) is 16.5. The Labute approximate surface area is 139 Å². The third-order valence-corrected chi connectivity index (χ3v) is 4.46. The summed E-state index contributed by atoms with van der Waals surface area (Å²) >= 11 is 0. The van der Waals surface area contributed by atoms with Crippen LogP contribution in [0.3, 0.4) is 0 Å². The molecule has 0 aliphatic carbocycles. The van der Waals surface area contributed by atoms with Gasteiger partial charge in [-0.15, -0.1) is 0 Å². The first-order valence-corrected chi connectivity index (χ1v) is 8.52. The molecule has 1 aliphatic heterocycles. The highest BCUT2D eigenvalue weighted by atomic mass is 16.2. The van der Waals surface area contributed by atoms with Crippen LogP contribution in [-0.4, -0.2) is 66.7 Å². The van der Waals surface area contributed by atoms with Crippen LogP contribution in [0.5, 0.6) is 0 Å².